The summed E-state index contributed by atoms with van der Waals surface area (Å²) in [6.45, 7) is 0.0758. The maximum atomic E-state index is 13.9. The van der Waals surface area contributed by atoms with Crippen molar-refractivity contribution in [3.05, 3.63) is 58.6 Å². The van der Waals surface area contributed by atoms with E-state index in [0.717, 1.165) is 29.0 Å². The fraction of sp³-hybridized carbons (Fsp3) is 0.211. The molecule has 1 aliphatic heterocycles. The summed E-state index contributed by atoms with van der Waals surface area (Å²) in [7, 11) is 0. The van der Waals surface area contributed by atoms with E-state index in [1.54, 1.807) is 12.1 Å². The molecular formula is C19H14F2N2O3S. The molecule has 1 N–H and O–H groups in total. The predicted molar refractivity (Wildman–Crippen MR) is 96.6 cm³/mol. The molecule has 3 aromatic rings. The number of amides is 1. The summed E-state index contributed by atoms with van der Waals surface area (Å²) in [6, 6.07) is 9.23. The first-order valence-electron chi connectivity index (χ1n) is 8.28. The number of hydrogen-bond donors (Lipinski definition) is 1. The van der Waals surface area contributed by atoms with Gasteiger partial charge < -0.3 is 10.0 Å². The number of hydrogen-bond acceptors (Lipinski definition) is 4. The summed E-state index contributed by atoms with van der Waals surface area (Å²) in [5.74, 6) is -3.41. The van der Waals surface area contributed by atoms with Crippen LogP contribution < -0.4 is 4.90 Å². The van der Waals surface area contributed by atoms with Crippen LogP contribution in [-0.2, 0) is 22.6 Å². The third kappa shape index (κ3) is 3.28. The van der Waals surface area contributed by atoms with E-state index in [9.17, 15) is 18.4 Å². The number of aliphatic carboxylic acids is 1. The van der Waals surface area contributed by atoms with Crippen LogP contribution in [0.2, 0.25) is 0 Å². The van der Waals surface area contributed by atoms with Crippen LogP contribution in [0, 0.1) is 17.6 Å². The van der Waals surface area contributed by atoms with Crippen molar-refractivity contribution in [2.75, 3.05) is 4.90 Å². The minimum atomic E-state index is -1.04. The molecule has 0 fully saturated rings. The standard InChI is InChI=1S/C19H14F2N2O3S/c20-12-7-13(21)18-14(8-12)22-16(27-18)9-23-15-4-2-1-3-10(15)5-11(19(23)26)6-17(24)25/h1-4,7-8,11H,5-6,9H2,(H,24,25). The largest absolute Gasteiger partial charge is 0.481 e. The SMILES string of the molecule is O=C(O)CC1Cc2ccccc2N(Cc2nc3cc(F)cc(F)c3s2)C1=O. The summed E-state index contributed by atoms with van der Waals surface area (Å²) in [6.07, 6.45) is 0.0981. The molecule has 1 amide bonds. The quantitative estimate of drug-likeness (QED) is 0.739. The lowest BCUT2D eigenvalue weighted by atomic mass is 9.89. The van der Waals surface area contributed by atoms with Gasteiger partial charge in [-0.25, -0.2) is 13.8 Å². The van der Waals surface area contributed by atoms with Crippen LogP contribution in [0.5, 0.6) is 0 Å². The zero-order chi connectivity index (χ0) is 19.1. The van der Waals surface area contributed by atoms with Crippen LogP contribution in [-0.4, -0.2) is 22.0 Å². The van der Waals surface area contributed by atoms with Gasteiger partial charge in [-0.1, -0.05) is 18.2 Å². The summed E-state index contributed by atoms with van der Waals surface area (Å²) in [5.41, 5.74) is 1.77. The highest BCUT2D eigenvalue weighted by molar-refractivity contribution is 7.18. The van der Waals surface area contributed by atoms with Crippen molar-refractivity contribution in [3.63, 3.8) is 0 Å². The van der Waals surface area contributed by atoms with Crippen molar-refractivity contribution in [2.45, 2.75) is 19.4 Å². The first kappa shape index (κ1) is 17.5. The van der Waals surface area contributed by atoms with Gasteiger partial charge >= 0.3 is 5.97 Å². The molecule has 1 unspecified atom stereocenters. The lowest BCUT2D eigenvalue weighted by Crippen LogP contribution is -2.41. The first-order valence-corrected chi connectivity index (χ1v) is 9.09. The molecule has 27 heavy (non-hydrogen) atoms. The van der Waals surface area contributed by atoms with Crippen LogP contribution in [0.1, 0.15) is 17.0 Å². The van der Waals surface area contributed by atoms with Crippen molar-refractivity contribution in [2.24, 2.45) is 5.92 Å². The molecule has 1 aromatic heterocycles. The van der Waals surface area contributed by atoms with Crippen molar-refractivity contribution < 1.29 is 23.5 Å². The van der Waals surface area contributed by atoms with Crippen molar-refractivity contribution in [3.8, 4) is 0 Å². The number of thiazole rings is 1. The number of carbonyl (C=O) groups excluding carboxylic acids is 1. The second-order valence-corrected chi connectivity index (χ2v) is 7.48. The second kappa shape index (κ2) is 6.70. The number of nitrogens with zero attached hydrogens (tertiary/aromatic N) is 2. The highest BCUT2D eigenvalue weighted by Gasteiger charge is 2.34. The summed E-state index contributed by atoms with van der Waals surface area (Å²) in [4.78, 5) is 29.7. The summed E-state index contributed by atoms with van der Waals surface area (Å²) >= 11 is 1.06. The monoisotopic (exact) mass is 388 g/mol. The Bertz CT molecular complexity index is 1070. The number of rotatable bonds is 4. The Balaban J connectivity index is 1.72. The number of anilines is 1. The second-order valence-electron chi connectivity index (χ2n) is 6.40. The third-order valence-corrected chi connectivity index (χ3v) is 5.60. The summed E-state index contributed by atoms with van der Waals surface area (Å²) < 4.78 is 27.6. The Hall–Kier alpha value is -2.87. The Kier molecular flexibility index (Phi) is 4.35. The minimum Gasteiger partial charge on any atom is -0.481 e. The van der Waals surface area contributed by atoms with Crippen LogP contribution in [0.25, 0.3) is 10.2 Å². The van der Waals surface area contributed by atoms with Crippen molar-refractivity contribution >= 4 is 39.1 Å². The number of halogens is 2. The van der Waals surface area contributed by atoms with Gasteiger partial charge in [-0.05, 0) is 18.1 Å². The smallest absolute Gasteiger partial charge is 0.304 e. The first-order chi connectivity index (χ1) is 12.9. The van der Waals surface area contributed by atoms with E-state index in [4.69, 9.17) is 5.11 Å². The molecule has 0 spiro atoms. The zero-order valence-corrected chi connectivity index (χ0v) is 14.8. The Labute approximate surface area is 156 Å². The Morgan fingerprint density at radius 2 is 2.07 bits per heavy atom. The van der Waals surface area contributed by atoms with E-state index in [1.165, 1.54) is 4.90 Å². The van der Waals surface area contributed by atoms with E-state index in [2.05, 4.69) is 4.98 Å². The highest BCUT2D eigenvalue weighted by Crippen LogP contribution is 2.34. The van der Waals surface area contributed by atoms with Gasteiger partial charge in [-0.15, -0.1) is 11.3 Å². The van der Waals surface area contributed by atoms with Gasteiger partial charge in [-0.2, -0.15) is 0 Å². The van der Waals surface area contributed by atoms with Gasteiger partial charge in [0, 0.05) is 17.8 Å². The Morgan fingerprint density at radius 3 is 2.85 bits per heavy atom. The number of carboxylic acid groups (broad SMARTS) is 1. The molecule has 1 aliphatic rings. The van der Waals surface area contributed by atoms with Gasteiger partial charge in [0.25, 0.3) is 0 Å². The maximum absolute atomic E-state index is 13.9. The maximum Gasteiger partial charge on any atom is 0.304 e. The lowest BCUT2D eigenvalue weighted by molar-refractivity contribution is -0.140. The molecule has 5 nitrogen and oxygen atoms in total. The van der Waals surface area contributed by atoms with Gasteiger partial charge in [0.05, 0.1) is 29.1 Å². The van der Waals surface area contributed by atoms with E-state index in [-0.39, 0.29) is 29.1 Å². The highest BCUT2D eigenvalue weighted by atomic mass is 32.1. The molecule has 138 valence electrons. The lowest BCUT2D eigenvalue weighted by Gasteiger charge is -2.33. The van der Waals surface area contributed by atoms with E-state index >= 15 is 0 Å². The fourth-order valence-electron chi connectivity index (χ4n) is 3.38. The molecule has 0 saturated heterocycles. The number of carbonyl (C=O) groups is 2. The number of para-hydroxylation sites is 1. The molecule has 8 heteroatoms. The molecule has 2 aromatic carbocycles. The molecule has 0 aliphatic carbocycles. The van der Waals surface area contributed by atoms with Crippen molar-refractivity contribution in [1.29, 1.82) is 0 Å². The Morgan fingerprint density at radius 1 is 1.30 bits per heavy atom. The fourth-order valence-corrected chi connectivity index (χ4v) is 4.32. The molecular weight excluding hydrogens is 374 g/mol. The molecule has 4 rings (SSSR count). The number of aromatic nitrogens is 1. The minimum absolute atomic E-state index is 0.0758. The topological polar surface area (TPSA) is 70.5 Å². The van der Waals surface area contributed by atoms with Gasteiger partial charge in [-0.3, -0.25) is 9.59 Å². The normalized spacial score (nSPS) is 16.6. The molecule has 2 heterocycles. The van der Waals surface area contributed by atoms with Gasteiger partial charge in [0.2, 0.25) is 5.91 Å². The summed E-state index contributed by atoms with van der Waals surface area (Å²) in [5, 5.41) is 9.55. The average Bonchev–Trinajstić information content (AvgIpc) is 3.01. The van der Waals surface area contributed by atoms with E-state index < -0.39 is 23.5 Å². The van der Waals surface area contributed by atoms with E-state index in [0.29, 0.717) is 17.1 Å². The van der Waals surface area contributed by atoms with Crippen molar-refractivity contribution in [1.82, 2.24) is 4.98 Å². The molecule has 0 saturated carbocycles. The zero-order valence-electron chi connectivity index (χ0n) is 14.0. The predicted octanol–water partition coefficient (Wildman–Crippen LogP) is 3.75. The van der Waals surface area contributed by atoms with Gasteiger partial charge in [0.15, 0.2) is 0 Å². The van der Waals surface area contributed by atoms with Crippen LogP contribution in [0.3, 0.4) is 0 Å². The molecule has 0 bridgehead atoms. The molecule has 1 atom stereocenters. The van der Waals surface area contributed by atoms with Crippen LogP contribution in [0.4, 0.5) is 14.5 Å². The van der Waals surface area contributed by atoms with Crippen LogP contribution in [0.15, 0.2) is 36.4 Å². The molecule has 0 radical (unpaired) electrons. The van der Waals surface area contributed by atoms with E-state index in [1.807, 2.05) is 12.1 Å². The number of benzene rings is 2. The van der Waals surface area contributed by atoms with Crippen LogP contribution >= 0.6 is 11.3 Å². The average molecular weight is 388 g/mol. The number of fused-ring (bicyclic) bond motifs is 2. The third-order valence-electron chi connectivity index (χ3n) is 4.53. The van der Waals surface area contributed by atoms with Gasteiger partial charge in [0.1, 0.15) is 16.6 Å². The number of carboxylic acids is 1.